The Morgan fingerprint density at radius 3 is 2.79 bits per heavy atom. The maximum atomic E-state index is 12.1. The van der Waals surface area contributed by atoms with Gasteiger partial charge in [-0.1, -0.05) is 12.1 Å². The zero-order valence-electron chi connectivity index (χ0n) is 14.7. The summed E-state index contributed by atoms with van der Waals surface area (Å²) in [4.78, 5) is 16.7. The van der Waals surface area contributed by atoms with Crippen molar-refractivity contribution in [3.63, 3.8) is 0 Å². The molecule has 0 saturated carbocycles. The van der Waals surface area contributed by atoms with Gasteiger partial charge >= 0.3 is 0 Å². The smallest absolute Gasteiger partial charge is 0.250 e. The Labute approximate surface area is 168 Å². The standard InChI is InChI=1S/C20H13BrN6O/c1-27-6-5-11(7-16(27)28)19-14(9-23)17(15-10-24-26-20(15)25-19)13-4-2-3-12(8-22)18(13)21/h2-7,10,14,17H,1H3,(H,24,26). The predicted molar refractivity (Wildman–Crippen MR) is 106 cm³/mol. The van der Waals surface area contributed by atoms with E-state index in [0.717, 1.165) is 11.1 Å². The van der Waals surface area contributed by atoms with Crippen LogP contribution in [0.2, 0.25) is 0 Å². The first kappa shape index (κ1) is 17.9. The number of hydrogen-bond acceptors (Lipinski definition) is 5. The number of nitrogens with zero attached hydrogens (tertiary/aromatic N) is 5. The predicted octanol–water partition coefficient (Wildman–Crippen LogP) is 3.15. The molecule has 1 aliphatic rings. The molecule has 0 bridgehead atoms. The lowest BCUT2D eigenvalue weighted by Crippen LogP contribution is -2.28. The molecule has 4 rings (SSSR count). The Morgan fingerprint density at radius 2 is 2.07 bits per heavy atom. The fourth-order valence-electron chi connectivity index (χ4n) is 3.44. The van der Waals surface area contributed by atoms with E-state index in [-0.39, 0.29) is 5.56 Å². The van der Waals surface area contributed by atoms with Crippen LogP contribution in [0.1, 0.15) is 28.2 Å². The molecule has 2 atom stereocenters. The van der Waals surface area contributed by atoms with Gasteiger partial charge in [-0.3, -0.25) is 9.89 Å². The molecule has 0 radical (unpaired) electrons. The third-order valence-corrected chi connectivity index (χ3v) is 5.75. The van der Waals surface area contributed by atoms with Crippen LogP contribution in [-0.2, 0) is 7.05 Å². The van der Waals surface area contributed by atoms with E-state index in [1.54, 1.807) is 37.6 Å². The summed E-state index contributed by atoms with van der Waals surface area (Å²) in [5.74, 6) is -0.498. The van der Waals surface area contributed by atoms with Crippen LogP contribution in [0.25, 0.3) is 0 Å². The van der Waals surface area contributed by atoms with Gasteiger partial charge in [0.05, 0.1) is 23.5 Å². The lowest BCUT2D eigenvalue weighted by molar-refractivity contribution is 0.715. The van der Waals surface area contributed by atoms with Crippen molar-refractivity contribution in [2.24, 2.45) is 18.0 Å². The molecule has 0 aliphatic carbocycles. The van der Waals surface area contributed by atoms with Gasteiger partial charge in [0.25, 0.3) is 5.56 Å². The van der Waals surface area contributed by atoms with E-state index in [0.29, 0.717) is 27.1 Å². The lowest BCUT2D eigenvalue weighted by Gasteiger charge is -2.28. The van der Waals surface area contributed by atoms with Crippen molar-refractivity contribution in [3.05, 3.63) is 79.8 Å². The van der Waals surface area contributed by atoms with Crippen LogP contribution in [0.5, 0.6) is 0 Å². The number of nitrogens with one attached hydrogen (secondary N) is 1. The van der Waals surface area contributed by atoms with Gasteiger partial charge in [-0.2, -0.15) is 15.6 Å². The van der Waals surface area contributed by atoms with Crippen molar-refractivity contribution in [2.45, 2.75) is 5.92 Å². The van der Waals surface area contributed by atoms with Crippen LogP contribution in [0.4, 0.5) is 5.82 Å². The second-order valence-corrected chi connectivity index (χ2v) is 7.23. The van der Waals surface area contributed by atoms with Crippen molar-refractivity contribution in [1.82, 2.24) is 14.8 Å². The molecular weight excluding hydrogens is 420 g/mol. The number of aromatic nitrogens is 3. The number of nitriles is 2. The molecule has 136 valence electrons. The zero-order chi connectivity index (χ0) is 19.8. The normalized spacial score (nSPS) is 17.9. The Bertz CT molecular complexity index is 1260. The first-order valence-electron chi connectivity index (χ1n) is 8.42. The van der Waals surface area contributed by atoms with E-state index in [1.807, 2.05) is 6.07 Å². The highest BCUT2D eigenvalue weighted by molar-refractivity contribution is 9.10. The van der Waals surface area contributed by atoms with Crippen molar-refractivity contribution in [1.29, 1.82) is 10.5 Å². The van der Waals surface area contributed by atoms with Crippen LogP contribution >= 0.6 is 15.9 Å². The maximum absolute atomic E-state index is 12.1. The molecule has 2 unspecified atom stereocenters. The first-order chi connectivity index (χ1) is 13.5. The zero-order valence-corrected chi connectivity index (χ0v) is 16.3. The van der Waals surface area contributed by atoms with Crippen LogP contribution in [0.3, 0.4) is 0 Å². The van der Waals surface area contributed by atoms with E-state index < -0.39 is 11.8 Å². The molecule has 3 heterocycles. The van der Waals surface area contributed by atoms with E-state index in [2.05, 4.69) is 43.3 Å². The fourth-order valence-corrected chi connectivity index (χ4v) is 4.04. The highest BCUT2D eigenvalue weighted by Crippen LogP contribution is 2.44. The number of aromatic amines is 1. The number of pyridine rings is 1. The van der Waals surface area contributed by atoms with Crippen molar-refractivity contribution >= 4 is 27.5 Å². The SMILES string of the molecule is Cn1ccc(C2=Nc3[nH]ncc3C(c3cccc(C#N)c3Br)C2C#N)cc1=O. The molecule has 0 fully saturated rings. The van der Waals surface area contributed by atoms with Crippen LogP contribution in [0, 0.1) is 28.6 Å². The molecule has 3 aromatic rings. The van der Waals surface area contributed by atoms with Crippen LogP contribution in [0.15, 0.2) is 57.0 Å². The quantitative estimate of drug-likeness (QED) is 0.669. The topological polar surface area (TPSA) is 111 Å². The van der Waals surface area contributed by atoms with E-state index in [1.165, 1.54) is 10.6 Å². The van der Waals surface area contributed by atoms with Gasteiger partial charge in [-0.15, -0.1) is 0 Å². The fraction of sp³-hybridized carbons (Fsp3) is 0.150. The van der Waals surface area contributed by atoms with Gasteiger partial charge in [0.1, 0.15) is 12.0 Å². The van der Waals surface area contributed by atoms with Crippen LogP contribution < -0.4 is 5.56 Å². The van der Waals surface area contributed by atoms with Crippen molar-refractivity contribution in [2.75, 3.05) is 0 Å². The van der Waals surface area contributed by atoms with Gasteiger partial charge in [0.2, 0.25) is 0 Å². The van der Waals surface area contributed by atoms with E-state index in [9.17, 15) is 15.3 Å². The van der Waals surface area contributed by atoms with Gasteiger partial charge in [0, 0.05) is 40.8 Å². The summed E-state index contributed by atoms with van der Waals surface area (Å²) in [6.07, 6.45) is 3.30. The highest BCUT2D eigenvalue weighted by Gasteiger charge is 2.37. The van der Waals surface area contributed by atoms with Gasteiger partial charge < -0.3 is 4.57 Å². The molecule has 2 aromatic heterocycles. The maximum Gasteiger partial charge on any atom is 0.250 e. The summed E-state index contributed by atoms with van der Waals surface area (Å²) in [7, 11) is 1.66. The lowest BCUT2D eigenvalue weighted by atomic mass is 9.76. The number of H-pyrrole nitrogens is 1. The largest absolute Gasteiger partial charge is 0.319 e. The van der Waals surface area contributed by atoms with E-state index in [4.69, 9.17) is 0 Å². The minimum absolute atomic E-state index is 0.184. The second kappa shape index (κ2) is 6.91. The summed E-state index contributed by atoms with van der Waals surface area (Å²) in [5.41, 5.74) is 2.96. The summed E-state index contributed by atoms with van der Waals surface area (Å²) < 4.78 is 2.10. The van der Waals surface area contributed by atoms with Crippen LogP contribution in [-0.4, -0.2) is 20.5 Å². The second-order valence-electron chi connectivity index (χ2n) is 6.44. The Morgan fingerprint density at radius 1 is 1.25 bits per heavy atom. The molecule has 1 N–H and O–H groups in total. The number of aryl methyl sites for hydroxylation is 1. The van der Waals surface area contributed by atoms with Crippen molar-refractivity contribution < 1.29 is 0 Å². The number of aliphatic imine (C=N–C) groups is 1. The number of benzene rings is 1. The summed E-state index contributed by atoms with van der Waals surface area (Å²) in [6.45, 7) is 0. The van der Waals surface area contributed by atoms with Gasteiger partial charge in [0.15, 0.2) is 5.82 Å². The highest BCUT2D eigenvalue weighted by atomic mass is 79.9. The Hall–Kier alpha value is -3.49. The molecule has 0 amide bonds. The third kappa shape index (κ3) is 2.75. The first-order valence-corrected chi connectivity index (χ1v) is 9.21. The minimum atomic E-state index is -0.651. The average molecular weight is 433 g/mol. The number of rotatable bonds is 2. The van der Waals surface area contributed by atoms with E-state index >= 15 is 0 Å². The summed E-state index contributed by atoms with van der Waals surface area (Å²) in [6, 6.07) is 13.1. The van der Waals surface area contributed by atoms with Crippen molar-refractivity contribution in [3.8, 4) is 12.1 Å². The molecular formula is C20H13BrN6O. The molecule has 0 saturated heterocycles. The molecule has 28 heavy (non-hydrogen) atoms. The summed E-state index contributed by atoms with van der Waals surface area (Å²) >= 11 is 3.52. The van der Waals surface area contributed by atoms with Gasteiger partial charge in [-0.05, 0) is 33.6 Å². The third-order valence-electron chi connectivity index (χ3n) is 4.87. The minimum Gasteiger partial charge on any atom is -0.319 e. The monoisotopic (exact) mass is 432 g/mol. The molecule has 8 heteroatoms. The molecule has 7 nitrogen and oxygen atoms in total. The Balaban J connectivity index is 1.95. The summed E-state index contributed by atoms with van der Waals surface area (Å²) in [5, 5.41) is 26.4. The number of halogens is 1. The molecule has 1 aromatic carbocycles. The molecule has 0 spiro atoms. The molecule has 1 aliphatic heterocycles. The number of hydrogen-bond donors (Lipinski definition) is 1. The number of fused-ring (bicyclic) bond motifs is 1. The average Bonchev–Trinajstić information content (AvgIpc) is 3.17. The van der Waals surface area contributed by atoms with Gasteiger partial charge in [-0.25, -0.2) is 4.99 Å². The Kier molecular flexibility index (Phi) is 4.42.